The normalized spacial score (nSPS) is 18.5. The van der Waals surface area contributed by atoms with Crippen molar-refractivity contribution in [2.24, 2.45) is 4.99 Å². The van der Waals surface area contributed by atoms with Crippen LogP contribution in [0.2, 0.25) is 0 Å². The van der Waals surface area contributed by atoms with E-state index >= 15 is 0 Å². The molecule has 0 atom stereocenters. The summed E-state index contributed by atoms with van der Waals surface area (Å²) in [5, 5.41) is 0. The Balaban J connectivity index is 2.61. The van der Waals surface area contributed by atoms with Crippen molar-refractivity contribution in [3.05, 3.63) is 12.3 Å². The number of hydrogen-bond donors (Lipinski definition) is 0. The van der Waals surface area contributed by atoms with E-state index in [9.17, 15) is 0 Å². The molecular formula is C4H4BrN. The Morgan fingerprint density at radius 2 is 2.67 bits per heavy atom. The van der Waals surface area contributed by atoms with Gasteiger partial charge in [0.05, 0.1) is 4.62 Å². The highest BCUT2D eigenvalue weighted by molar-refractivity contribution is 9.18. The summed E-state index contributed by atoms with van der Waals surface area (Å²) in [4.78, 5) is 3.89. The third-order valence-electron chi connectivity index (χ3n) is 0.606. The topological polar surface area (TPSA) is 12.4 Å². The van der Waals surface area contributed by atoms with E-state index in [4.69, 9.17) is 0 Å². The molecule has 0 spiro atoms. The molecule has 1 heterocycles. The Morgan fingerprint density at radius 1 is 1.83 bits per heavy atom. The molecule has 0 saturated carbocycles. The van der Waals surface area contributed by atoms with Gasteiger partial charge in [-0.2, -0.15) is 0 Å². The molecule has 2 heteroatoms. The molecular weight excluding hydrogens is 142 g/mol. The molecule has 0 aromatic carbocycles. The molecule has 0 radical (unpaired) electrons. The minimum absolute atomic E-state index is 0.972. The van der Waals surface area contributed by atoms with Crippen molar-refractivity contribution < 1.29 is 0 Å². The van der Waals surface area contributed by atoms with E-state index in [1.165, 1.54) is 0 Å². The molecule has 1 nitrogen and oxygen atoms in total. The summed E-state index contributed by atoms with van der Waals surface area (Å²) in [5.74, 6) is 0. The second-order valence-electron chi connectivity index (χ2n) is 1.09. The molecule has 0 aromatic rings. The van der Waals surface area contributed by atoms with E-state index in [0.29, 0.717) is 0 Å². The number of nitrogens with zero attached hydrogens (tertiary/aromatic N) is 1. The van der Waals surface area contributed by atoms with Gasteiger partial charge in [-0.15, -0.1) is 0 Å². The zero-order chi connectivity index (χ0) is 4.41. The Hall–Kier alpha value is -0.110. The minimum atomic E-state index is 0.972. The van der Waals surface area contributed by atoms with Crippen LogP contribution in [0.5, 0.6) is 0 Å². The Bertz CT molecular complexity index is 104. The van der Waals surface area contributed by atoms with E-state index in [-0.39, 0.29) is 0 Å². The molecule has 0 aromatic heterocycles. The highest BCUT2D eigenvalue weighted by Gasteiger charge is 1.90. The fourth-order valence-electron chi connectivity index (χ4n) is 0.336. The van der Waals surface area contributed by atoms with Crippen molar-refractivity contribution >= 4 is 20.6 Å². The molecule has 0 bridgehead atoms. The van der Waals surface area contributed by atoms with E-state index in [0.717, 1.165) is 11.0 Å². The van der Waals surface area contributed by atoms with Gasteiger partial charge in [-0.05, 0) is 15.9 Å². The van der Waals surface area contributed by atoms with E-state index in [2.05, 4.69) is 20.9 Å². The first-order valence-electron chi connectivity index (χ1n) is 1.77. The van der Waals surface area contributed by atoms with Crippen LogP contribution in [0.25, 0.3) is 0 Å². The van der Waals surface area contributed by atoms with Crippen molar-refractivity contribution in [3.63, 3.8) is 0 Å². The fourth-order valence-corrected chi connectivity index (χ4v) is 0.641. The number of allylic oxidation sites excluding steroid dienone is 1. The molecule has 0 amide bonds. The first kappa shape index (κ1) is 4.06. The van der Waals surface area contributed by atoms with Gasteiger partial charge in [0.1, 0.15) is 0 Å². The number of rotatable bonds is 0. The van der Waals surface area contributed by atoms with Crippen LogP contribution in [0.15, 0.2) is 17.3 Å². The van der Waals surface area contributed by atoms with Gasteiger partial charge in [0.25, 0.3) is 0 Å². The van der Waals surface area contributed by atoms with Gasteiger partial charge in [0.15, 0.2) is 0 Å². The number of hydrogen-bond acceptors (Lipinski definition) is 1. The van der Waals surface area contributed by atoms with E-state index in [1.807, 2.05) is 6.08 Å². The van der Waals surface area contributed by atoms with Crippen molar-refractivity contribution in [2.75, 3.05) is 0 Å². The molecule has 0 saturated heterocycles. The number of halogens is 1. The maximum absolute atomic E-state index is 3.89. The molecule has 0 N–H and O–H groups in total. The lowest BCUT2D eigenvalue weighted by atomic mass is 10.5. The van der Waals surface area contributed by atoms with Gasteiger partial charge in [0, 0.05) is 12.6 Å². The standard InChI is InChI=1S/C4H4BrN/c5-4-2-1-3-6-4/h1,3H,2H2. The molecule has 0 unspecified atom stereocenters. The highest BCUT2D eigenvalue weighted by atomic mass is 79.9. The van der Waals surface area contributed by atoms with Crippen molar-refractivity contribution in [3.8, 4) is 0 Å². The van der Waals surface area contributed by atoms with Crippen molar-refractivity contribution in [1.82, 2.24) is 0 Å². The Labute approximate surface area is 44.9 Å². The predicted octanol–water partition coefficient (Wildman–Crippen LogP) is 1.70. The second-order valence-corrected chi connectivity index (χ2v) is 2.01. The van der Waals surface area contributed by atoms with Crippen molar-refractivity contribution in [2.45, 2.75) is 6.42 Å². The lowest BCUT2D eigenvalue weighted by Crippen LogP contribution is -1.70. The zero-order valence-electron chi connectivity index (χ0n) is 3.19. The van der Waals surface area contributed by atoms with E-state index in [1.54, 1.807) is 6.20 Å². The van der Waals surface area contributed by atoms with E-state index < -0.39 is 0 Å². The van der Waals surface area contributed by atoms with Crippen LogP contribution in [-0.2, 0) is 0 Å². The van der Waals surface area contributed by atoms with Gasteiger partial charge < -0.3 is 0 Å². The first-order valence-corrected chi connectivity index (χ1v) is 2.56. The van der Waals surface area contributed by atoms with Gasteiger partial charge in [-0.3, -0.25) is 4.99 Å². The van der Waals surface area contributed by atoms with Crippen LogP contribution >= 0.6 is 15.9 Å². The van der Waals surface area contributed by atoms with Crippen LogP contribution in [0.3, 0.4) is 0 Å². The molecule has 0 fully saturated rings. The monoisotopic (exact) mass is 145 g/mol. The lowest BCUT2D eigenvalue weighted by molar-refractivity contribution is 1.59. The van der Waals surface area contributed by atoms with Crippen molar-refractivity contribution in [1.29, 1.82) is 0 Å². The Morgan fingerprint density at radius 3 is 2.83 bits per heavy atom. The third-order valence-corrected chi connectivity index (χ3v) is 1.13. The van der Waals surface area contributed by atoms with Crippen LogP contribution in [0.4, 0.5) is 0 Å². The van der Waals surface area contributed by atoms with Gasteiger partial charge >= 0.3 is 0 Å². The smallest absolute Gasteiger partial charge is 0.0867 e. The summed E-state index contributed by atoms with van der Waals surface area (Å²) >= 11 is 3.23. The molecule has 1 aliphatic heterocycles. The average molecular weight is 146 g/mol. The zero-order valence-corrected chi connectivity index (χ0v) is 4.77. The molecule has 32 valence electrons. The molecule has 6 heavy (non-hydrogen) atoms. The predicted molar refractivity (Wildman–Crippen MR) is 30.1 cm³/mol. The molecule has 0 aliphatic carbocycles. The maximum atomic E-state index is 3.89. The van der Waals surface area contributed by atoms with Gasteiger partial charge in [0.2, 0.25) is 0 Å². The first-order chi connectivity index (χ1) is 2.89. The summed E-state index contributed by atoms with van der Waals surface area (Å²) in [6.45, 7) is 0. The summed E-state index contributed by atoms with van der Waals surface area (Å²) in [6.07, 6.45) is 4.77. The SMILES string of the molecule is BrC1=NC=CC1. The maximum Gasteiger partial charge on any atom is 0.0867 e. The lowest BCUT2D eigenvalue weighted by Gasteiger charge is -1.73. The fraction of sp³-hybridized carbons (Fsp3) is 0.250. The quantitative estimate of drug-likeness (QED) is 0.493. The van der Waals surface area contributed by atoms with Gasteiger partial charge in [-0.1, -0.05) is 6.08 Å². The van der Waals surface area contributed by atoms with Crippen LogP contribution in [-0.4, -0.2) is 4.62 Å². The van der Waals surface area contributed by atoms with Crippen LogP contribution in [0.1, 0.15) is 6.42 Å². The largest absolute Gasteiger partial charge is 0.254 e. The molecule has 1 rings (SSSR count). The summed E-state index contributed by atoms with van der Waals surface area (Å²) < 4.78 is 1.03. The third kappa shape index (κ3) is 0.684. The summed E-state index contributed by atoms with van der Waals surface area (Å²) in [6, 6.07) is 0. The average Bonchev–Trinajstić information content (AvgIpc) is 1.86. The summed E-state index contributed by atoms with van der Waals surface area (Å²) in [7, 11) is 0. The van der Waals surface area contributed by atoms with Gasteiger partial charge in [-0.25, -0.2) is 0 Å². The number of aliphatic imine (C=N–C) groups is 1. The Kier molecular flexibility index (Phi) is 1.05. The second kappa shape index (κ2) is 1.56. The minimum Gasteiger partial charge on any atom is -0.254 e. The summed E-state index contributed by atoms with van der Waals surface area (Å²) in [5.41, 5.74) is 0. The molecule has 1 aliphatic rings. The van der Waals surface area contributed by atoms with Crippen LogP contribution < -0.4 is 0 Å². The highest BCUT2D eigenvalue weighted by Crippen LogP contribution is 2.03. The van der Waals surface area contributed by atoms with Crippen LogP contribution in [0, 0.1) is 0 Å².